The molecule has 0 saturated carbocycles. The summed E-state index contributed by atoms with van der Waals surface area (Å²) < 4.78 is 18.6. The third-order valence-electron chi connectivity index (χ3n) is 4.30. The van der Waals surface area contributed by atoms with Crippen molar-refractivity contribution in [1.82, 2.24) is 0 Å². The molecule has 1 nitrogen and oxygen atoms in total. The lowest BCUT2D eigenvalue weighted by atomic mass is 10.0. The molecule has 0 N–H and O–H groups in total. The molecule has 0 heterocycles. The summed E-state index contributed by atoms with van der Waals surface area (Å²) in [6.07, 6.45) is 4.36. The first-order chi connectivity index (χ1) is 12.2. The average Bonchev–Trinajstić information content (AvgIpc) is 2.65. The number of benzene rings is 3. The SMILES string of the molecule is CCc1cccc(CCCc2ccc(Oc3ccc(F)cc3)cc2)c1. The van der Waals surface area contributed by atoms with Crippen molar-refractivity contribution in [2.45, 2.75) is 32.6 Å². The summed E-state index contributed by atoms with van der Waals surface area (Å²) in [6.45, 7) is 2.19. The van der Waals surface area contributed by atoms with E-state index >= 15 is 0 Å². The highest BCUT2D eigenvalue weighted by Crippen LogP contribution is 2.22. The molecule has 0 atom stereocenters. The highest BCUT2D eigenvalue weighted by molar-refractivity contribution is 5.33. The van der Waals surface area contributed by atoms with Crippen molar-refractivity contribution in [2.24, 2.45) is 0 Å². The van der Waals surface area contributed by atoms with Crippen LogP contribution in [0.2, 0.25) is 0 Å². The molecule has 0 fully saturated rings. The number of ether oxygens (including phenoxy) is 1. The second kappa shape index (κ2) is 8.48. The van der Waals surface area contributed by atoms with E-state index in [1.807, 2.05) is 12.1 Å². The summed E-state index contributed by atoms with van der Waals surface area (Å²) in [7, 11) is 0. The number of hydrogen-bond acceptors (Lipinski definition) is 1. The minimum absolute atomic E-state index is 0.257. The van der Waals surface area contributed by atoms with Crippen LogP contribution in [0.25, 0.3) is 0 Å². The third kappa shape index (κ3) is 5.18. The van der Waals surface area contributed by atoms with Crippen molar-refractivity contribution in [3.8, 4) is 11.5 Å². The standard InChI is InChI=1S/C23H23FO/c1-2-18-5-3-7-20(17-18)8-4-6-19-9-13-22(14-10-19)25-23-15-11-21(24)12-16-23/h3,5,7,9-17H,2,4,6,8H2,1H3. The first kappa shape index (κ1) is 17.2. The van der Waals surface area contributed by atoms with Crippen LogP contribution < -0.4 is 4.74 Å². The second-order valence-corrected chi connectivity index (χ2v) is 6.23. The Labute approximate surface area is 149 Å². The first-order valence-corrected chi connectivity index (χ1v) is 8.83. The Balaban J connectivity index is 1.51. The maximum absolute atomic E-state index is 12.9. The minimum atomic E-state index is -0.257. The van der Waals surface area contributed by atoms with Crippen LogP contribution in [-0.4, -0.2) is 0 Å². The van der Waals surface area contributed by atoms with E-state index in [4.69, 9.17) is 4.74 Å². The molecule has 0 spiro atoms. The van der Waals surface area contributed by atoms with Gasteiger partial charge in [0.1, 0.15) is 17.3 Å². The van der Waals surface area contributed by atoms with E-state index in [0.29, 0.717) is 5.75 Å². The molecule has 0 amide bonds. The van der Waals surface area contributed by atoms with Crippen LogP contribution in [0.3, 0.4) is 0 Å². The summed E-state index contributed by atoms with van der Waals surface area (Å²) >= 11 is 0. The van der Waals surface area contributed by atoms with Crippen LogP contribution in [0.5, 0.6) is 11.5 Å². The minimum Gasteiger partial charge on any atom is -0.457 e. The molecule has 0 unspecified atom stereocenters. The monoisotopic (exact) mass is 334 g/mol. The van der Waals surface area contributed by atoms with E-state index < -0.39 is 0 Å². The molecular weight excluding hydrogens is 311 g/mol. The quantitative estimate of drug-likeness (QED) is 0.489. The van der Waals surface area contributed by atoms with Crippen LogP contribution in [0, 0.1) is 5.82 Å². The Morgan fingerprint density at radius 2 is 1.32 bits per heavy atom. The van der Waals surface area contributed by atoms with Gasteiger partial charge in [-0.1, -0.05) is 43.3 Å². The predicted molar refractivity (Wildman–Crippen MR) is 101 cm³/mol. The number of hydrogen-bond donors (Lipinski definition) is 0. The molecule has 0 saturated heterocycles. The lowest BCUT2D eigenvalue weighted by Crippen LogP contribution is -1.92. The van der Waals surface area contributed by atoms with Gasteiger partial charge in [-0.05, 0) is 78.8 Å². The molecule has 25 heavy (non-hydrogen) atoms. The van der Waals surface area contributed by atoms with Gasteiger partial charge in [-0.2, -0.15) is 0 Å². The predicted octanol–water partition coefficient (Wildman–Crippen LogP) is 6.36. The first-order valence-electron chi connectivity index (χ1n) is 8.83. The van der Waals surface area contributed by atoms with Gasteiger partial charge in [0.15, 0.2) is 0 Å². The summed E-state index contributed by atoms with van der Waals surface area (Å²) in [5.41, 5.74) is 4.12. The van der Waals surface area contributed by atoms with Crippen molar-refractivity contribution in [3.63, 3.8) is 0 Å². The molecule has 3 aromatic carbocycles. The molecule has 3 rings (SSSR count). The van der Waals surface area contributed by atoms with E-state index in [0.717, 1.165) is 31.4 Å². The van der Waals surface area contributed by atoms with Crippen LogP contribution in [-0.2, 0) is 19.3 Å². The van der Waals surface area contributed by atoms with E-state index in [1.165, 1.54) is 28.8 Å². The lowest BCUT2D eigenvalue weighted by molar-refractivity contribution is 0.480. The fourth-order valence-corrected chi connectivity index (χ4v) is 2.86. The molecule has 0 radical (unpaired) electrons. The molecule has 0 aliphatic heterocycles. The molecule has 128 valence electrons. The van der Waals surface area contributed by atoms with Gasteiger partial charge in [-0.3, -0.25) is 0 Å². The van der Waals surface area contributed by atoms with Gasteiger partial charge in [-0.15, -0.1) is 0 Å². The fourth-order valence-electron chi connectivity index (χ4n) is 2.86. The van der Waals surface area contributed by atoms with E-state index in [-0.39, 0.29) is 5.82 Å². The Kier molecular flexibility index (Phi) is 5.84. The summed E-state index contributed by atoms with van der Waals surface area (Å²) in [5.74, 6) is 1.16. The third-order valence-corrected chi connectivity index (χ3v) is 4.30. The van der Waals surface area contributed by atoms with Gasteiger partial charge >= 0.3 is 0 Å². The van der Waals surface area contributed by atoms with E-state index in [2.05, 4.69) is 43.3 Å². The topological polar surface area (TPSA) is 9.23 Å². The molecule has 0 aliphatic carbocycles. The molecule has 0 aliphatic rings. The Morgan fingerprint density at radius 1 is 0.720 bits per heavy atom. The van der Waals surface area contributed by atoms with Crippen molar-refractivity contribution >= 4 is 0 Å². The van der Waals surface area contributed by atoms with Crippen LogP contribution in [0.1, 0.15) is 30.0 Å². The Morgan fingerprint density at radius 3 is 2.00 bits per heavy atom. The van der Waals surface area contributed by atoms with Crippen molar-refractivity contribution in [2.75, 3.05) is 0 Å². The zero-order chi connectivity index (χ0) is 17.5. The fraction of sp³-hybridized carbons (Fsp3) is 0.217. The Bertz CT molecular complexity index is 791. The van der Waals surface area contributed by atoms with Crippen LogP contribution in [0.4, 0.5) is 4.39 Å². The van der Waals surface area contributed by atoms with Crippen molar-refractivity contribution in [3.05, 3.63) is 95.3 Å². The molecule has 0 bridgehead atoms. The van der Waals surface area contributed by atoms with Gasteiger partial charge in [0.25, 0.3) is 0 Å². The van der Waals surface area contributed by atoms with Crippen molar-refractivity contribution < 1.29 is 9.13 Å². The highest BCUT2D eigenvalue weighted by Gasteiger charge is 2.00. The summed E-state index contributed by atoms with van der Waals surface area (Å²) in [6, 6.07) is 23.0. The number of halogens is 1. The van der Waals surface area contributed by atoms with Crippen LogP contribution in [0.15, 0.2) is 72.8 Å². The van der Waals surface area contributed by atoms with Gasteiger partial charge in [0.05, 0.1) is 0 Å². The average molecular weight is 334 g/mol. The molecular formula is C23H23FO. The number of rotatable bonds is 7. The number of aryl methyl sites for hydroxylation is 3. The summed E-state index contributed by atoms with van der Waals surface area (Å²) in [4.78, 5) is 0. The van der Waals surface area contributed by atoms with Gasteiger partial charge in [0.2, 0.25) is 0 Å². The molecule has 3 aromatic rings. The van der Waals surface area contributed by atoms with E-state index in [9.17, 15) is 4.39 Å². The zero-order valence-corrected chi connectivity index (χ0v) is 14.5. The highest BCUT2D eigenvalue weighted by atomic mass is 19.1. The maximum atomic E-state index is 12.9. The van der Waals surface area contributed by atoms with Gasteiger partial charge < -0.3 is 4.74 Å². The molecule has 2 heteroatoms. The zero-order valence-electron chi connectivity index (χ0n) is 14.5. The van der Waals surface area contributed by atoms with Crippen LogP contribution >= 0.6 is 0 Å². The summed E-state index contributed by atoms with van der Waals surface area (Å²) in [5, 5.41) is 0. The second-order valence-electron chi connectivity index (χ2n) is 6.23. The Hall–Kier alpha value is -2.61. The molecule has 0 aromatic heterocycles. The largest absolute Gasteiger partial charge is 0.457 e. The van der Waals surface area contributed by atoms with Gasteiger partial charge in [-0.25, -0.2) is 4.39 Å². The normalized spacial score (nSPS) is 10.6. The smallest absolute Gasteiger partial charge is 0.127 e. The van der Waals surface area contributed by atoms with Crippen molar-refractivity contribution in [1.29, 1.82) is 0 Å². The maximum Gasteiger partial charge on any atom is 0.127 e. The van der Waals surface area contributed by atoms with Gasteiger partial charge in [0, 0.05) is 0 Å². The van der Waals surface area contributed by atoms with E-state index in [1.54, 1.807) is 12.1 Å². The lowest BCUT2D eigenvalue weighted by Gasteiger charge is -2.07.